The first-order valence-corrected chi connectivity index (χ1v) is 6.02. The highest BCUT2D eigenvalue weighted by Gasteiger charge is 1.99. The van der Waals surface area contributed by atoms with Crippen molar-refractivity contribution in [2.75, 3.05) is 26.7 Å². The third-order valence-corrected chi connectivity index (χ3v) is 3.20. The van der Waals surface area contributed by atoms with E-state index >= 15 is 0 Å². The largest absolute Gasteiger partial charge is 0.396 e. The minimum absolute atomic E-state index is 0.318. The summed E-state index contributed by atoms with van der Waals surface area (Å²) in [6, 6.07) is 4.29. The van der Waals surface area contributed by atoms with Gasteiger partial charge in [-0.05, 0) is 44.3 Å². The minimum atomic E-state index is 0.318. The van der Waals surface area contributed by atoms with Gasteiger partial charge in [-0.3, -0.25) is 0 Å². The van der Waals surface area contributed by atoms with Crippen molar-refractivity contribution in [2.45, 2.75) is 19.3 Å². The highest BCUT2D eigenvalue weighted by Crippen LogP contribution is 2.09. The van der Waals surface area contributed by atoms with Gasteiger partial charge in [0.15, 0.2) is 0 Å². The zero-order chi connectivity index (χ0) is 10.2. The van der Waals surface area contributed by atoms with Crippen LogP contribution in [0.2, 0.25) is 0 Å². The quantitative estimate of drug-likeness (QED) is 0.700. The summed E-state index contributed by atoms with van der Waals surface area (Å²) in [4.78, 5) is 3.79. The molecule has 1 N–H and O–H groups in total. The second-order valence-electron chi connectivity index (χ2n) is 3.56. The molecule has 0 amide bonds. The van der Waals surface area contributed by atoms with Gasteiger partial charge in [0.25, 0.3) is 0 Å². The van der Waals surface area contributed by atoms with Crippen molar-refractivity contribution >= 4 is 11.3 Å². The second kappa shape index (κ2) is 6.98. The number of unbranched alkanes of at least 4 members (excludes halogenated alkanes) is 1. The molecule has 0 spiro atoms. The molecule has 0 aliphatic rings. The van der Waals surface area contributed by atoms with E-state index in [-0.39, 0.29) is 0 Å². The van der Waals surface area contributed by atoms with Crippen LogP contribution in [0, 0.1) is 0 Å². The van der Waals surface area contributed by atoms with Crippen LogP contribution in [0.15, 0.2) is 17.5 Å². The minimum Gasteiger partial charge on any atom is -0.396 e. The molecule has 3 heteroatoms. The van der Waals surface area contributed by atoms with Crippen molar-refractivity contribution in [1.29, 1.82) is 0 Å². The lowest BCUT2D eigenvalue weighted by molar-refractivity contribution is 0.264. The Kier molecular flexibility index (Phi) is 5.83. The number of hydrogen-bond acceptors (Lipinski definition) is 3. The Balaban J connectivity index is 2.06. The van der Waals surface area contributed by atoms with Crippen LogP contribution in [0.3, 0.4) is 0 Å². The summed E-state index contributed by atoms with van der Waals surface area (Å²) in [6.45, 7) is 2.52. The van der Waals surface area contributed by atoms with Gasteiger partial charge >= 0.3 is 0 Å². The lowest BCUT2D eigenvalue weighted by Crippen LogP contribution is -2.22. The molecule has 0 unspecified atom stereocenters. The Hall–Kier alpha value is -0.380. The van der Waals surface area contributed by atoms with Crippen LogP contribution in [0.5, 0.6) is 0 Å². The van der Waals surface area contributed by atoms with Crippen LogP contribution >= 0.6 is 11.3 Å². The summed E-state index contributed by atoms with van der Waals surface area (Å²) in [5.41, 5.74) is 0. The Bertz CT molecular complexity index is 223. The number of rotatable bonds is 7. The van der Waals surface area contributed by atoms with Gasteiger partial charge in [0.2, 0.25) is 0 Å². The molecule has 0 aliphatic heterocycles. The standard InChI is InChI=1S/C11H19NOS/c1-12(7-2-3-9-13)8-6-11-5-4-10-14-11/h4-5,10,13H,2-3,6-9H2,1H3. The molecule has 14 heavy (non-hydrogen) atoms. The molecule has 0 radical (unpaired) electrons. The van der Waals surface area contributed by atoms with E-state index in [1.54, 1.807) is 0 Å². The predicted octanol–water partition coefficient (Wildman–Crippen LogP) is 1.99. The van der Waals surface area contributed by atoms with Crippen molar-refractivity contribution in [3.8, 4) is 0 Å². The molecule has 1 rings (SSSR count). The number of aliphatic hydroxyl groups excluding tert-OH is 1. The first-order chi connectivity index (χ1) is 6.83. The van der Waals surface area contributed by atoms with Crippen molar-refractivity contribution in [3.63, 3.8) is 0 Å². The highest BCUT2D eigenvalue weighted by atomic mass is 32.1. The maximum absolute atomic E-state index is 8.64. The van der Waals surface area contributed by atoms with Crippen LogP contribution in [0.25, 0.3) is 0 Å². The summed E-state index contributed by atoms with van der Waals surface area (Å²) in [5.74, 6) is 0. The van der Waals surface area contributed by atoms with E-state index in [0.29, 0.717) is 6.61 Å². The number of hydrogen-bond donors (Lipinski definition) is 1. The Morgan fingerprint density at radius 3 is 2.86 bits per heavy atom. The van der Waals surface area contributed by atoms with Gasteiger partial charge < -0.3 is 10.0 Å². The van der Waals surface area contributed by atoms with Gasteiger partial charge in [-0.1, -0.05) is 6.07 Å². The van der Waals surface area contributed by atoms with Crippen molar-refractivity contribution in [2.24, 2.45) is 0 Å². The molecule has 0 saturated carbocycles. The lowest BCUT2D eigenvalue weighted by atomic mass is 10.3. The van der Waals surface area contributed by atoms with Gasteiger partial charge in [0, 0.05) is 18.0 Å². The number of nitrogens with zero attached hydrogens (tertiary/aromatic N) is 1. The van der Waals surface area contributed by atoms with E-state index in [2.05, 4.69) is 29.5 Å². The monoisotopic (exact) mass is 213 g/mol. The van der Waals surface area contributed by atoms with Gasteiger partial charge in [-0.25, -0.2) is 0 Å². The first kappa shape index (κ1) is 11.7. The first-order valence-electron chi connectivity index (χ1n) is 5.14. The number of thiophene rings is 1. The predicted molar refractivity (Wildman–Crippen MR) is 61.8 cm³/mol. The van der Waals surface area contributed by atoms with Gasteiger partial charge in [-0.15, -0.1) is 11.3 Å². The molecule has 80 valence electrons. The third-order valence-electron chi connectivity index (χ3n) is 2.27. The molecular weight excluding hydrogens is 194 g/mol. The van der Waals surface area contributed by atoms with Crippen LogP contribution in [-0.2, 0) is 6.42 Å². The van der Waals surface area contributed by atoms with E-state index in [0.717, 1.165) is 32.4 Å². The summed E-state index contributed by atoms with van der Waals surface area (Å²) in [7, 11) is 2.14. The van der Waals surface area contributed by atoms with E-state index in [1.807, 2.05) is 11.3 Å². The highest BCUT2D eigenvalue weighted by molar-refractivity contribution is 7.09. The summed E-state index contributed by atoms with van der Waals surface area (Å²) in [5, 5.41) is 10.8. The molecule has 0 bridgehead atoms. The Morgan fingerprint density at radius 2 is 2.21 bits per heavy atom. The maximum atomic E-state index is 8.64. The Labute approximate surface area is 90.2 Å². The summed E-state index contributed by atoms with van der Waals surface area (Å²) >= 11 is 1.83. The number of likely N-dealkylation sites (N-methyl/N-ethyl adjacent to an activating group) is 1. The molecule has 0 aliphatic carbocycles. The molecule has 0 fully saturated rings. The molecule has 0 aromatic carbocycles. The van der Waals surface area contributed by atoms with Gasteiger partial charge in [0.05, 0.1) is 0 Å². The van der Waals surface area contributed by atoms with Crippen molar-refractivity contribution in [1.82, 2.24) is 4.90 Å². The van der Waals surface area contributed by atoms with Crippen LogP contribution < -0.4 is 0 Å². The van der Waals surface area contributed by atoms with Gasteiger partial charge in [-0.2, -0.15) is 0 Å². The lowest BCUT2D eigenvalue weighted by Gasteiger charge is -2.15. The Morgan fingerprint density at radius 1 is 1.36 bits per heavy atom. The normalized spacial score (nSPS) is 11.1. The third kappa shape index (κ3) is 4.74. The van der Waals surface area contributed by atoms with E-state index < -0.39 is 0 Å². The molecular formula is C11H19NOS. The SMILES string of the molecule is CN(CCCCO)CCc1cccs1. The summed E-state index contributed by atoms with van der Waals surface area (Å²) in [6.07, 6.45) is 3.16. The fourth-order valence-corrected chi connectivity index (χ4v) is 2.06. The average molecular weight is 213 g/mol. The van der Waals surface area contributed by atoms with Crippen LogP contribution in [-0.4, -0.2) is 36.8 Å². The molecule has 0 atom stereocenters. The van der Waals surface area contributed by atoms with Crippen molar-refractivity contribution < 1.29 is 5.11 Å². The topological polar surface area (TPSA) is 23.5 Å². The van der Waals surface area contributed by atoms with E-state index in [4.69, 9.17) is 5.11 Å². The second-order valence-corrected chi connectivity index (χ2v) is 4.60. The molecule has 1 heterocycles. The van der Waals surface area contributed by atoms with E-state index in [1.165, 1.54) is 4.88 Å². The maximum Gasteiger partial charge on any atom is 0.0431 e. The summed E-state index contributed by atoms with van der Waals surface area (Å²) < 4.78 is 0. The molecule has 1 aromatic rings. The zero-order valence-corrected chi connectivity index (χ0v) is 9.59. The van der Waals surface area contributed by atoms with E-state index in [9.17, 15) is 0 Å². The fraction of sp³-hybridized carbons (Fsp3) is 0.636. The average Bonchev–Trinajstić information content (AvgIpc) is 2.68. The number of aliphatic hydroxyl groups is 1. The van der Waals surface area contributed by atoms with Crippen molar-refractivity contribution in [3.05, 3.63) is 22.4 Å². The van der Waals surface area contributed by atoms with Crippen LogP contribution in [0.1, 0.15) is 17.7 Å². The van der Waals surface area contributed by atoms with Gasteiger partial charge in [0.1, 0.15) is 0 Å². The molecule has 2 nitrogen and oxygen atoms in total. The molecule has 0 saturated heterocycles. The van der Waals surface area contributed by atoms with Crippen LogP contribution in [0.4, 0.5) is 0 Å². The fourth-order valence-electron chi connectivity index (χ4n) is 1.36. The smallest absolute Gasteiger partial charge is 0.0431 e. The zero-order valence-electron chi connectivity index (χ0n) is 8.78. The molecule has 1 aromatic heterocycles.